The summed E-state index contributed by atoms with van der Waals surface area (Å²) < 4.78 is 5.43. The zero-order valence-electron chi connectivity index (χ0n) is 9.57. The van der Waals surface area contributed by atoms with Gasteiger partial charge in [0.2, 0.25) is 5.91 Å². The number of aliphatic carboxylic acids is 1. The van der Waals surface area contributed by atoms with Crippen molar-refractivity contribution in [3.63, 3.8) is 0 Å². The molecule has 1 aliphatic rings. The SMILES string of the molecule is CC(CNC(=O)CC1CCCCO1)C(=O)O. The molecule has 0 spiro atoms. The first-order chi connectivity index (χ1) is 7.59. The fourth-order valence-electron chi connectivity index (χ4n) is 1.60. The third kappa shape index (κ3) is 4.61. The van der Waals surface area contributed by atoms with Crippen molar-refractivity contribution in [3.8, 4) is 0 Å². The first-order valence-electron chi connectivity index (χ1n) is 5.70. The van der Waals surface area contributed by atoms with E-state index >= 15 is 0 Å². The fraction of sp³-hybridized carbons (Fsp3) is 0.818. The monoisotopic (exact) mass is 229 g/mol. The van der Waals surface area contributed by atoms with Gasteiger partial charge < -0.3 is 15.2 Å². The zero-order chi connectivity index (χ0) is 12.0. The topological polar surface area (TPSA) is 75.6 Å². The number of rotatable bonds is 5. The van der Waals surface area contributed by atoms with Crippen LogP contribution in [0.2, 0.25) is 0 Å². The van der Waals surface area contributed by atoms with Crippen LogP contribution in [0.3, 0.4) is 0 Å². The molecule has 1 fully saturated rings. The summed E-state index contributed by atoms with van der Waals surface area (Å²) in [7, 11) is 0. The van der Waals surface area contributed by atoms with Crippen LogP contribution in [0.5, 0.6) is 0 Å². The standard InChI is InChI=1S/C11H19NO4/c1-8(11(14)15)7-12-10(13)6-9-4-2-3-5-16-9/h8-9H,2-7H2,1H3,(H,12,13)(H,14,15). The summed E-state index contributed by atoms with van der Waals surface area (Å²) in [6.45, 7) is 2.48. The maximum Gasteiger partial charge on any atom is 0.308 e. The summed E-state index contributed by atoms with van der Waals surface area (Å²) in [5, 5.41) is 11.3. The number of carbonyl (C=O) groups is 2. The van der Waals surface area contributed by atoms with Crippen molar-refractivity contribution < 1.29 is 19.4 Å². The minimum atomic E-state index is -0.894. The van der Waals surface area contributed by atoms with Gasteiger partial charge in [0, 0.05) is 13.2 Å². The molecular weight excluding hydrogens is 210 g/mol. The number of carboxylic acids is 1. The first-order valence-corrected chi connectivity index (χ1v) is 5.70. The van der Waals surface area contributed by atoms with Gasteiger partial charge in [-0.25, -0.2) is 0 Å². The van der Waals surface area contributed by atoms with Crippen LogP contribution >= 0.6 is 0 Å². The average molecular weight is 229 g/mol. The van der Waals surface area contributed by atoms with E-state index < -0.39 is 11.9 Å². The molecule has 92 valence electrons. The highest BCUT2D eigenvalue weighted by molar-refractivity contribution is 5.77. The number of amides is 1. The van der Waals surface area contributed by atoms with Crippen molar-refractivity contribution in [1.82, 2.24) is 5.32 Å². The van der Waals surface area contributed by atoms with E-state index in [1.807, 2.05) is 0 Å². The van der Waals surface area contributed by atoms with Gasteiger partial charge in [-0.05, 0) is 19.3 Å². The molecule has 1 saturated heterocycles. The molecule has 5 nitrogen and oxygen atoms in total. The maximum atomic E-state index is 11.5. The van der Waals surface area contributed by atoms with E-state index in [9.17, 15) is 9.59 Å². The van der Waals surface area contributed by atoms with Gasteiger partial charge in [-0.15, -0.1) is 0 Å². The zero-order valence-corrected chi connectivity index (χ0v) is 9.57. The van der Waals surface area contributed by atoms with Crippen molar-refractivity contribution in [3.05, 3.63) is 0 Å². The number of hydrogen-bond acceptors (Lipinski definition) is 3. The van der Waals surface area contributed by atoms with Crippen molar-refractivity contribution in [1.29, 1.82) is 0 Å². The Bertz CT molecular complexity index is 248. The molecule has 5 heteroatoms. The molecule has 1 rings (SSSR count). The third-order valence-corrected chi connectivity index (χ3v) is 2.71. The van der Waals surface area contributed by atoms with Crippen LogP contribution in [0.4, 0.5) is 0 Å². The molecule has 0 bridgehead atoms. The van der Waals surface area contributed by atoms with Crippen molar-refractivity contribution in [2.24, 2.45) is 5.92 Å². The second kappa shape index (κ2) is 6.48. The molecule has 2 unspecified atom stereocenters. The Hall–Kier alpha value is -1.10. The predicted octanol–water partition coefficient (Wildman–Crippen LogP) is 0.782. The van der Waals surface area contributed by atoms with E-state index in [0.717, 1.165) is 25.9 Å². The molecule has 0 aromatic carbocycles. The maximum absolute atomic E-state index is 11.5. The molecule has 1 heterocycles. The summed E-state index contributed by atoms with van der Waals surface area (Å²) >= 11 is 0. The van der Waals surface area contributed by atoms with E-state index in [1.54, 1.807) is 6.92 Å². The first kappa shape index (κ1) is 13.0. The van der Waals surface area contributed by atoms with Crippen LogP contribution in [-0.2, 0) is 14.3 Å². The Morgan fingerprint density at radius 2 is 2.25 bits per heavy atom. The summed E-state index contributed by atoms with van der Waals surface area (Å²) in [4.78, 5) is 22.0. The lowest BCUT2D eigenvalue weighted by Crippen LogP contribution is -2.34. The van der Waals surface area contributed by atoms with Crippen LogP contribution in [0.1, 0.15) is 32.6 Å². The Morgan fingerprint density at radius 3 is 2.81 bits per heavy atom. The highest BCUT2D eigenvalue weighted by atomic mass is 16.5. The van der Waals surface area contributed by atoms with Gasteiger partial charge in [0.15, 0.2) is 0 Å². The smallest absolute Gasteiger partial charge is 0.308 e. The van der Waals surface area contributed by atoms with E-state index in [2.05, 4.69) is 5.32 Å². The Morgan fingerprint density at radius 1 is 1.50 bits per heavy atom. The summed E-state index contributed by atoms with van der Waals surface area (Å²) in [5.74, 6) is -1.56. The molecule has 0 aromatic rings. The molecule has 0 aromatic heterocycles. The number of ether oxygens (including phenoxy) is 1. The molecule has 2 atom stereocenters. The van der Waals surface area contributed by atoms with Gasteiger partial charge in [-0.2, -0.15) is 0 Å². The normalized spacial score (nSPS) is 22.4. The van der Waals surface area contributed by atoms with Crippen LogP contribution < -0.4 is 5.32 Å². The minimum Gasteiger partial charge on any atom is -0.481 e. The number of carbonyl (C=O) groups excluding carboxylic acids is 1. The molecule has 1 amide bonds. The van der Waals surface area contributed by atoms with Gasteiger partial charge in [0.25, 0.3) is 0 Å². The summed E-state index contributed by atoms with van der Waals surface area (Å²) in [5.41, 5.74) is 0. The average Bonchev–Trinajstić information content (AvgIpc) is 2.27. The van der Waals surface area contributed by atoms with Gasteiger partial charge >= 0.3 is 5.97 Å². The molecule has 2 N–H and O–H groups in total. The van der Waals surface area contributed by atoms with Gasteiger partial charge in [-0.1, -0.05) is 6.92 Å². The fourth-order valence-corrected chi connectivity index (χ4v) is 1.60. The Balaban J connectivity index is 2.17. The molecule has 0 saturated carbocycles. The molecular formula is C11H19NO4. The Kier molecular flexibility index (Phi) is 5.25. The largest absolute Gasteiger partial charge is 0.481 e. The van der Waals surface area contributed by atoms with Crippen LogP contribution in [0.15, 0.2) is 0 Å². The van der Waals surface area contributed by atoms with E-state index in [0.29, 0.717) is 6.42 Å². The van der Waals surface area contributed by atoms with Crippen LogP contribution in [0.25, 0.3) is 0 Å². The quantitative estimate of drug-likeness (QED) is 0.730. The minimum absolute atomic E-state index is 0.00823. The lowest BCUT2D eigenvalue weighted by atomic mass is 10.1. The van der Waals surface area contributed by atoms with E-state index in [1.165, 1.54) is 0 Å². The van der Waals surface area contributed by atoms with E-state index in [-0.39, 0.29) is 18.6 Å². The molecule has 0 radical (unpaired) electrons. The highest BCUT2D eigenvalue weighted by Crippen LogP contribution is 2.15. The molecule has 1 aliphatic heterocycles. The number of hydrogen-bond donors (Lipinski definition) is 2. The third-order valence-electron chi connectivity index (χ3n) is 2.71. The Labute approximate surface area is 95.2 Å². The van der Waals surface area contributed by atoms with Crippen LogP contribution in [-0.4, -0.2) is 36.2 Å². The van der Waals surface area contributed by atoms with Gasteiger partial charge in [0.1, 0.15) is 0 Å². The van der Waals surface area contributed by atoms with E-state index in [4.69, 9.17) is 9.84 Å². The number of nitrogens with one attached hydrogen (secondary N) is 1. The second-order valence-electron chi connectivity index (χ2n) is 4.24. The van der Waals surface area contributed by atoms with Crippen molar-refractivity contribution >= 4 is 11.9 Å². The number of carboxylic acid groups (broad SMARTS) is 1. The predicted molar refractivity (Wildman–Crippen MR) is 58.0 cm³/mol. The molecule has 0 aliphatic carbocycles. The lowest BCUT2D eigenvalue weighted by Gasteiger charge is -2.22. The highest BCUT2D eigenvalue weighted by Gasteiger charge is 2.18. The van der Waals surface area contributed by atoms with Crippen LogP contribution in [0, 0.1) is 5.92 Å². The van der Waals surface area contributed by atoms with Crippen molar-refractivity contribution in [2.45, 2.75) is 38.7 Å². The second-order valence-corrected chi connectivity index (χ2v) is 4.24. The lowest BCUT2D eigenvalue weighted by molar-refractivity contribution is -0.141. The summed E-state index contributed by atoms with van der Waals surface area (Å²) in [6, 6.07) is 0. The molecule has 16 heavy (non-hydrogen) atoms. The summed E-state index contributed by atoms with van der Waals surface area (Å²) in [6.07, 6.45) is 3.43. The van der Waals surface area contributed by atoms with Gasteiger partial charge in [0.05, 0.1) is 18.4 Å². The van der Waals surface area contributed by atoms with Crippen molar-refractivity contribution in [2.75, 3.05) is 13.2 Å². The van der Waals surface area contributed by atoms with Gasteiger partial charge in [-0.3, -0.25) is 9.59 Å².